The van der Waals surface area contributed by atoms with Crippen molar-refractivity contribution in [1.82, 2.24) is 0 Å². The largest absolute Gasteiger partial charge is 0.458 e. The number of fused-ring (bicyclic) bond motifs is 1. The van der Waals surface area contributed by atoms with E-state index in [1.165, 1.54) is 21.9 Å². The van der Waals surface area contributed by atoms with Crippen LogP contribution in [0.15, 0.2) is 90.7 Å². The summed E-state index contributed by atoms with van der Waals surface area (Å²) in [6.45, 7) is 0. The van der Waals surface area contributed by atoms with Gasteiger partial charge in [-0.3, -0.25) is 0 Å². The molecule has 0 aliphatic heterocycles. The van der Waals surface area contributed by atoms with Crippen molar-refractivity contribution in [1.29, 1.82) is 0 Å². The van der Waals surface area contributed by atoms with Crippen LogP contribution in [-0.2, 0) is 0 Å². The van der Waals surface area contributed by atoms with Crippen LogP contribution in [-0.4, -0.2) is 0 Å². The Labute approximate surface area is 136 Å². The fourth-order valence-electron chi connectivity index (χ4n) is 2.99. The first-order valence-corrected chi connectivity index (χ1v) is 8.01. The lowest BCUT2D eigenvalue weighted by atomic mass is 9.95. The maximum Gasteiger partial charge on any atom is 0.127 e. The van der Waals surface area contributed by atoms with Crippen LogP contribution < -0.4 is 4.74 Å². The first-order valence-electron chi connectivity index (χ1n) is 8.01. The maximum atomic E-state index is 5.98. The third-order valence-corrected chi connectivity index (χ3v) is 4.17. The molecule has 0 heterocycles. The Morgan fingerprint density at radius 1 is 0.739 bits per heavy atom. The molecule has 112 valence electrons. The van der Waals surface area contributed by atoms with Crippen molar-refractivity contribution < 1.29 is 4.74 Å². The molecule has 1 heteroatoms. The van der Waals surface area contributed by atoms with E-state index in [9.17, 15) is 0 Å². The van der Waals surface area contributed by atoms with Crippen molar-refractivity contribution in [2.45, 2.75) is 12.8 Å². The second-order valence-corrected chi connectivity index (χ2v) is 5.79. The lowest BCUT2D eigenvalue weighted by Gasteiger charge is -2.15. The van der Waals surface area contributed by atoms with Crippen LogP contribution in [0.5, 0.6) is 5.75 Å². The van der Waals surface area contributed by atoms with Gasteiger partial charge in [0.1, 0.15) is 11.5 Å². The van der Waals surface area contributed by atoms with Crippen molar-refractivity contribution in [3.05, 3.63) is 96.3 Å². The molecule has 0 saturated carbocycles. The summed E-state index contributed by atoms with van der Waals surface area (Å²) >= 11 is 0. The van der Waals surface area contributed by atoms with Gasteiger partial charge in [0.25, 0.3) is 0 Å². The number of ether oxygens (including phenoxy) is 1. The Bertz CT molecular complexity index is 888. The number of hydrogen-bond acceptors (Lipinski definition) is 1. The van der Waals surface area contributed by atoms with E-state index in [2.05, 4.69) is 54.6 Å². The molecule has 0 amide bonds. The fraction of sp³-hybridized carbons (Fsp3) is 0.0909. The molecule has 0 bridgehead atoms. The third-order valence-electron chi connectivity index (χ3n) is 4.17. The van der Waals surface area contributed by atoms with Gasteiger partial charge >= 0.3 is 0 Å². The molecule has 0 fully saturated rings. The Balaban J connectivity index is 1.63. The minimum Gasteiger partial charge on any atom is -0.458 e. The fourth-order valence-corrected chi connectivity index (χ4v) is 2.99. The van der Waals surface area contributed by atoms with Crippen LogP contribution in [0, 0.1) is 0 Å². The summed E-state index contributed by atoms with van der Waals surface area (Å²) in [5.74, 6) is 1.82. The summed E-state index contributed by atoms with van der Waals surface area (Å²) in [5, 5.41) is 2.56. The molecule has 1 nitrogen and oxygen atoms in total. The number of rotatable bonds is 3. The van der Waals surface area contributed by atoms with Crippen molar-refractivity contribution >= 4 is 16.3 Å². The average Bonchev–Trinajstić information content (AvgIpc) is 2.62. The molecule has 0 saturated heterocycles. The highest BCUT2D eigenvalue weighted by Crippen LogP contribution is 2.29. The second kappa shape index (κ2) is 6.13. The van der Waals surface area contributed by atoms with Gasteiger partial charge in [0.2, 0.25) is 0 Å². The van der Waals surface area contributed by atoms with E-state index in [-0.39, 0.29) is 0 Å². The van der Waals surface area contributed by atoms with E-state index in [0.717, 1.165) is 24.4 Å². The third kappa shape index (κ3) is 3.04. The molecule has 1 aliphatic carbocycles. The highest BCUT2D eigenvalue weighted by Gasteiger charge is 2.10. The Kier molecular flexibility index (Phi) is 3.69. The van der Waals surface area contributed by atoms with Gasteiger partial charge in [-0.1, -0.05) is 54.6 Å². The zero-order valence-corrected chi connectivity index (χ0v) is 12.9. The Morgan fingerprint density at radius 3 is 2.39 bits per heavy atom. The van der Waals surface area contributed by atoms with E-state index in [4.69, 9.17) is 4.74 Å². The quantitative estimate of drug-likeness (QED) is 0.578. The van der Waals surface area contributed by atoms with Crippen LogP contribution in [0.1, 0.15) is 18.4 Å². The Hall–Kier alpha value is -2.80. The molecular weight excluding hydrogens is 280 g/mol. The van der Waals surface area contributed by atoms with Crippen LogP contribution in [0.3, 0.4) is 0 Å². The van der Waals surface area contributed by atoms with Gasteiger partial charge in [-0.2, -0.15) is 0 Å². The molecule has 3 aromatic carbocycles. The summed E-state index contributed by atoms with van der Waals surface area (Å²) in [6.07, 6.45) is 6.40. The highest BCUT2D eigenvalue weighted by molar-refractivity contribution is 5.86. The second-order valence-electron chi connectivity index (χ2n) is 5.79. The lowest BCUT2D eigenvalue weighted by molar-refractivity contribution is 0.440. The average molecular weight is 298 g/mol. The molecule has 4 rings (SSSR count). The van der Waals surface area contributed by atoms with Gasteiger partial charge in [-0.05, 0) is 65.1 Å². The van der Waals surface area contributed by atoms with Crippen LogP contribution in [0.25, 0.3) is 16.3 Å². The molecule has 0 unspecified atom stereocenters. The molecular formula is C22H18O. The smallest absolute Gasteiger partial charge is 0.127 e. The summed E-state index contributed by atoms with van der Waals surface area (Å²) in [7, 11) is 0. The van der Waals surface area contributed by atoms with Gasteiger partial charge in [0, 0.05) is 0 Å². The standard InChI is InChI=1S/C22H18O/c1-2-10-21(11-3-1)23-22-12-6-9-19(16-22)20-14-13-17-7-4-5-8-18(17)15-20/h1-5,7-8,10-16H,6,9H2. The monoisotopic (exact) mass is 298 g/mol. The molecule has 0 atom stereocenters. The first-order chi connectivity index (χ1) is 11.4. The first kappa shape index (κ1) is 13.8. The summed E-state index contributed by atoms with van der Waals surface area (Å²) < 4.78 is 5.98. The topological polar surface area (TPSA) is 9.23 Å². The zero-order valence-electron chi connectivity index (χ0n) is 12.9. The van der Waals surface area contributed by atoms with Crippen molar-refractivity contribution in [3.8, 4) is 5.75 Å². The number of hydrogen-bond donors (Lipinski definition) is 0. The van der Waals surface area contributed by atoms with Crippen molar-refractivity contribution in [2.75, 3.05) is 0 Å². The predicted molar refractivity (Wildman–Crippen MR) is 96.3 cm³/mol. The van der Waals surface area contributed by atoms with E-state index in [1.807, 2.05) is 30.3 Å². The number of para-hydroxylation sites is 1. The van der Waals surface area contributed by atoms with Gasteiger partial charge in [-0.25, -0.2) is 0 Å². The number of benzene rings is 3. The molecule has 0 N–H and O–H groups in total. The molecule has 0 radical (unpaired) electrons. The van der Waals surface area contributed by atoms with E-state index >= 15 is 0 Å². The van der Waals surface area contributed by atoms with E-state index in [0.29, 0.717) is 0 Å². The van der Waals surface area contributed by atoms with Crippen LogP contribution in [0.4, 0.5) is 0 Å². The minimum absolute atomic E-state index is 0.884. The van der Waals surface area contributed by atoms with E-state index < -0.39 is 0 Å². The zero-order chi connectivity index (χ0) is 15.5. The van der Waals surface area contributed by atoms with Crippen molar-refractivity contribution in [3.63, 3.8) is 0 Å². The molecule has 3 aromatic rings. The van der Waals surface area contributed by atoms with Gasteiger partial charge in [0.15, 0.2) is 0 Å². The van der Waals surface area contributed by atoms with Crippen LogP contribution in [0.2, 0.25) is 0 Å². The minimum atomic E-state index is 0.884. The summed E-state index contributed by atoms with van der Waals surface area (Å²) in [4.78, 5) is 0. The molecule has 1 aliphatic rings. The van der Waals surface area contributed by atoms with Crippen LogP contribution >= 0.6 is 0 Å². The molecule has 0 spiro atoms. The molecule has 0 aromatic heterocycles. The lowest BCUT2D eigenvalue weighted by Crippen LogP contribution is -1.99. The van der Waals surface area contributed by atoms with Gasteiger partial charge in [0.05, 0.1) is 0 Å². The summed E-state index contributed by atoms with van der Waals surface area (Å²) in [6, 6.07) is 25.1. The highest BCUT2D eigenvalue weighted by atomic mass is 16.5. The van der Waals surface area contributed by atoms with Crippen molar-refractivity contribution in [2.24, 2.45) is 0 Å². The SMILES string of the molecule is C1=C(Oc2ccccc2)C=C(c2ccc3ccccc3c2)CC1. The maximum absolute atomic E-state index is 5.98. The number of allylic oxidation sites excluding steroid dienone is 3. The Morgan fingerprint density at radius 2 is 1.52 bits per heavy atom. The normalized spacial score (nSPS) is 14.3. The van der Waals surface area contributed by atoms with Gasteiger partial charge < -0.3 is 4.74 Å². The molecule has 23 heavy (non-hydrogen) atoms. The van der Waals surface area contributed by atoms with E-state index in [1.54, 1.807) is 0 Å². The summed E-state index contributed by atoms with van der Waals surface area (Å²) in [5.41, 5.74) is 2.62. The predicted octanol–water partition coefficient (Wildman–Crippen LogP) is 5.98. The van der Waals surface area contributed by atoms with Gasteiger partial charge in [-0.15, -0.1) is 0 Å².